The summed E-state index contributed by atoms with van der Waals surface area (Å²) in [5.74, 6) is -0.0517. The standard InChI is InChI=1S/C20H14ClN5O2/c21-14-4-1-13(10-22)16(9-14)12-2-5-15(6-3-12)26-7-8-28-19-17(20(26)27)18(23)24-11-25-19/h1-6,9,11H,7-8H2,(H2,23,24,25). The molecule has 0 unspecified atom stereocenters. The van der Waals surface area contributed by atoms with Crippen molar-refractivity contribution in [1.82, 2.24) is 9.97 Å². The van der Waals surface area contributed by atoms with E-state index in [-0.39, 0.29) is 29.8 Å². The first kappa shape index (κ1) is 17.8. The molecule has 2 aromatic carbocycles. The van der Waals surface area contributed by atoms with Crippen LogP contribution in [0.5, 0.6) is 5.88 Å². The highest BCUT2D eigenvalue weighted by Gasteiger charge is 2.28. The summed E-state index contributed by atoms with van der Waals surface area (Å²) >= 11 is 6.08. The van der Waals surface area contributed by atoms with Gasteiger partial charge in [-0.05, 0) is 35.9 Å². The number of carbonyl (C=O) groups excluding carboxylic acids is 1. The summed E-state index contributed by atoms with van der Waals surface area (Å²) in [5, 5.41) is 9.88. The second-order valence-electron chi connectivity index (χ2n) is 6.09. The van der Waals surface area contributed by atoms with Crippen LogP contribution < -0.4 is 15.4 Å². The third kappa shape index (κ3) is 3.10. The highest BCUT2D eigenvalue weighted by molar-refractivity contribution is 6.31. The minimum absolute atomic E-state index is 0.0797. The highest BCUT2D eigenvalue weighted by Crippen LogP contribution is 2.31. The van der Waals surface area contributed by atoms with Crippen molar-refractivity contribution >= 4 is 29.0 Å². The van der Waals surface area contributed by atoms with Gasteiger partial charge in [-0.2, -0.15) is 5.26 Å². The van der Waals surface area contributed by atoms with Crippen molar-refractivity contribution in [2.45, 2.75) is 0 Å². The maximum Gasteiger partial charge on any atom is 0.267 e. The van der Waals surface area contributed by atoms with Crippen molar-refractivity contribution in [3.05, 3.63) is 64.9 Å². The SMILES string of the molecule is N#Cc1ccc(Cl)cc1-c1ccc(N2CCOc3ncnc(N)c3C2=O)cc1. The van der Waals surface area contributed by atoms with Crippen LogP contribution in [0, 0.1) is 11.3 Å². The number of ether oxygens (including phenoxy) is 1. The van der Waals surface area contributed by atoms with E-state index in [0.29, 0.717) is 22.8 Å². The fraction of sp³-hybridized carbons (Fsp3) is 0.100. The van der Waals surface area contributed by atoms with E-state index in [4.69, 9.17) is 22.1 Å². The maximum atomic E-state index is 13.0. The molecule has 0 radical (unpaired) electrons. The van der Waals surface area contributed by atoms with E-state index in [2.05, 4.69) is 16.0 Å². The number of hydrogen-bond donors (Lipinski definition) is 1. The number of nitrogens with zero attached hydrogens (tertiary/aromatic N) is 4. The van der Waals surface area contributed by atoms with Gasteiger partial charge in [-0.15, -0.1) is 0 Å². The minimum Gasteiger partial charge on any atom is -0.475 e. The molecule has 28 heavy (non-hydrogen) atoms. The predicted molar refractivity (Wildman–Crippen MR) is 105 cm³/mol. The van der Waals surface area contributed by atoms with Gasteiger partial charge in [0.1, 0.15) is 24.3 Å². The summed E-state index contributed by atoms with van der Waals surface area (Å²) in [6.45, 7) is 0.623. The van der Waals surface area contributed by atoms with Crippen LogP contribution in [0.2, 0.25) is 5.02 Å². The fourth-order valence-corrected chi connectivity index (χ4v) is 3.25. The smallest absolute Gasteiger partial charge is 0.267 e. The van der Waals surface area contributed by atoms with Crippen LogP contribution in [0.1, 0.15) is 15.9 Å². The van der Waals surface area contributed by atoms with Crippen LogP contribution in [0.15, 0.2) is 48.8 Å². The molecule has 138 valence electrons. The van der Waals surface area contributed by atoms with Crippen molar-refractivity contribution in [3.8, 4) is 23.1 Å². The number of rotatable bonds is 2. The van der Waals surface area contributed by atoms with Crippen LogP contribution in [0.3, 0.4) is 0 Å². The van der Waals surface area contributed by atoms with Gasteiger partial charge in [0.05, 0.1) is 18.2 Å². The third-order valence-corrected chi connectivity index (χ3v) is 4.68. The average molecular weight is 392 g/mol. The molecule has 0 atom stereocenters. The Hall–Kier alpha value is -3.63. The van der Waals surface area contributed by atoms with Crippen molar-refractivity contribution in [3.63, 3.8) is 0 Å². The Bertz CT molecular complexity index is 1110. The Morgan fingerprint density at radius 1 is 1.18 bits per heavy atom. The van der Waals surface area contributed by atoms with E-state index in [0.717, 1.165) is 11.1 Å². The molecule has 1 aliphatic rings. The zero-order valence-electron chi connectivity index (χ0n) is 14.6. The first-order valence-corrected chi connectivity index (χ1v) is 8.81. The molecule has 0 bridgehead atoms. The predicted octanol–water partition coefficient (Wildman–Crippen LogP) is 3.29. The molecule has 0 saturated heterocycles. The van der Waals surface area contributed by atoms with Crippen LogP contribution >= 0.6 is 11.6 Å². The first-order chi connectivity index (χ1) is 13.6. The lowest BCUT2D eigenvalue weighted by Gasteiger charge is -2.20. The van der Waals surface area contributed by atoms with Gasteiger partial charge in [-0.1, -0.05) is 23.7 Å². The van der Waals surface area contributed by atoms with E-state index in [1.807, 2.05) is 12.1 Å². The Balaban J connectivity index is 1.70. The summed E-state index contributed by atoms with van der Waals surface area (Å²) in [6.07, 6.45) is 1.27. The number of nitrogen functional groups attached to an aromatic ring is 1. The van der Waals surface area contributed by atoms with Crippen LogP contribution in [-0.2, 0) is 0 Å². The van der Waals surface area contributed by atoms with Crippen molar-refractivity contribution < 1.29 is 9.53 Å². The zero-order valence-corrected chi connectivity index (χ0v) is 15.3. The van der Waals surface area contributed by atoms with Gasteiger partial charge in [-0.25, -0.2) is 9.97 Å². The van der Waals surface area contributed by atoms with Gasteiger partial charge in [0.25, 0.3) is 5.91 Å². The summed E-state index contributed by atoms with van der Waals surface area (Å²) in [7, 11) is 0. The quantitative estimate of drug-likeness (QED) is 0.718. The molecule has 0 spiro atoms. The summed E-state index contributed by atoms with van der Waals surface area (Å²) in [5.41, 5.74) is 8.78. The summed E-state index contributed by atoms with van der Waals surface area (Å²) in [4.78, 5) is 22.4. The molecule has 7 nitrogen and oxygen atoms in total. The average Bonchev–Trinajstić information content (AvgIpc) is 2.88. The van der Waals surface area contributed by atoms with Gasteiger partial charge in [-0.3, -0.25) is 4.79 Å². The number of nitriles is 1. The molecule has 2 N–H and O–H groups in total. The van der Waals surface area contributed by atoms with E-state index < -0.39 is 0 Å². The number of amides is 1. The maximum absolute atomic E-state index is 13.0. The van der Waals surface area contributed by atoms with E-state index in [9.17, 15) is 10.1 Å². The molecular formula is C20H14ClN5O2. The number of nitrogens with two attached hydrogens (primary N) is 1. The van der Waals surface area contributed by atoms with Crippen LogP contribution in [-0.4, -0.2) is 29.0 Å². The normalized spacial score (nSPS) is 13.3. The van der Waals surface area contributed by atoms with Crippen LogP contribution in [0.25, 0.3) is 11.1 Å². The molecule has 4 rings (SSSR count). The minimum atomic E-state index is -0.321. The van der Waals surface area contributed by atoms with Gasteiger partial charge in [0, 0.05) is 16.3 Å². The van der Waals surface area contributed by atoms with Gasteiger partial charge >= 0.3 is 0 Å². The number of benzene rings is 2. The largest absolute Gasteiger partial charge is 0.475 e. The first-order valence-electron chi connectivity index (χ1n) is 8.43. The molecule has 1 amide bonds. The van der Waals surface area contributed by atoms with Crippen molar-refractivity contribution in [2.24, 2.45) is 0 Å². The molecule has 0 saturated carbocycles. The number of hydrogen-bond acceptors (Lipinski definition) is 6. The number of halogens is 1. The topological polar surface area (TPSA) is 105 Å². The second kappa shape index (κ2) is 7.18. The molecule has 1 aromatic heterocycles. The van der Waals surface area contributed by atoms with Crippen LogP contribution in [0.4, 0.5) is 11.5 Å². The Kier molecular flexibility index (Phi) is 4.55. The molecule has 8 heteroatoms. The third-order valence-electron chi connectivity index (χ3n) is 4.45. The fourth-order valence-electron chi connectivity index (χ4n) is 3.08. The Morgan fingerprint density at radius 2 is 1.96 bits per heavy atom. The monoisotopic (exact) mass is 391 g/mol. The lowest BCUT2D eigenvalue weighted by molar-refractivity contribution is 0.0990. The van der Waals surface area contributed by atoms with Gasteiger partial charge < -0.3 is 15.4 Å². The Labute approximate surface area is 166 Å². The second-order valence-corrected chi connectivity index (χ2v) is 6.53. The molecule has 0 fully saturated rings. The number of carbonyl (C=O) groups is 1. The van der Waals surface area contributed by atoms with Crippen molar-refractivity contribution in [1.29, 1.82) is 5.26 Å². The zero-order chi connectivity index (χ0) is 19.7. The van der Waals surface area contributed by atoms with E-state index in [1.54, 1.807) is 35.2 Å². The van der Waals surface area contributed by atoms with E-state index in [1.165, 1.54) is 6.33 Å². The molecule has 2 heterocycles. The molecular weight excluding hydrogens is 378 g/mol. The number of anilines is 2. The Morgan fingerprint density at radius 3 is 2.71 bits per heavy atom. The highest BCUT2D eigenvalue weighted by atomic mass is 35.5. The number of fused-ring (bicyclic) bond motifs is 1. The number of aromatic nitrogens is 2. The van der Waals surface area contributed by atoms with E-state index >= 15 is 0 Å². The molecule has 0 aliphatic carbocycles. The molecule has 3 aromatic rings. The lowest BCUT2D eigenvalue weighted by atomic mass is 10.00. The van der Waals surface area contributed by atoms with Gasteiger partial charge in [0.2, 0.25) is 5.88 Å². The van der Waals surface area contributed by atoms with Gasteiger partial charge in [0.15, 0.2) is 0 Å². The molecule has 1 aliphatic heterocycles. The summed E-state index contributed by atoms with van der Waals surface area (Å²) < 4.78 is 5.54. The summed E-state index contributed by atoms with van der Waals surface area (Å²) in [6, 6.07) is 14.6. The van der Waals surface area contributed by atoms with Crippen molar-refractivity contribution in [2.75, 3.05) is 23.8 Å². The lowest BCUT2D eigenvalue weighted by Crippen LogP contribution is -2.32.